The first-order chi connectivity index (χ1) is 7.91. The summed E-state index contributed by atoms with van der Waals surface area (Å²) >= 11 is 0. The van der Waals surface area contributed by atoms with Crippen LogP contribution in [0.4, 0.5) is 18.9 Å². The lowest BCUT2D eigenvalue weighted by molar-refractivity contribution is -0.114. The van der Waals surface area contributed by atoms with Crippen LogP contribution in [0.5, 0.6) is 0 Å². The van der Waals surface area contributed by atoms with Gasteiger partial charge >= 0.3 is 0 Å². The van der Waals surface area contributed by atoms with Gasteiger partial charge in [-0.3, -0.25) is 4.79 Å². The molecular weight excluding hydrogens is 237 g/mol. The predicted molar refractivity (Wildman–Crippen MR) is 55.6 cm³/mol. The summed E-state index contributed by atoms with van der Waals surface area (Å²) in [6.07, 6.45) is 0. The van der Waals surface area contributed by atoms with Gasteiger partial charge < -0.3 is 16.8 Å². The number of hydrogen-bond donors (Lipinski definition) is 3. The normalized spacial score (nSPS) is 9.82. The van der Waals surface area contributed by atoms with Crippen LogP contribution in [0.25, 0.3) is 0 Å². The van der Waals surface area contributed by atoms with Crippen molar-refractivity contribution in [2.24, 2.45) is 16.5 Å². The van der Waals surface area contributed by atoms with Gasteiger partial charge in [0.05, 0.1) is 5.69 Å². The van der Waals surface area contributed by atoms with Crippen molar-refractivity contribution in [1.29, 1.82) is 0 Å². The molecule has 0 saturated heterocycles. The Balaban J connectivity index is 2.79. The Kier molecular flexibility index (Phi) is 3.91. The minimum absolute atomic E-state index is 0.314. The van der Waals surface area contributed by atoms with Crippen molar-refractivity contribution < 1.29 is 18.0 Å². The average molecular weight is 246 g/mol. The molecular formula is C9H9F3N4O. The highest BCUT2D eigenvalue weighted by Crippen LogP contribution is 2.19. The molecule has 0 heterocycles. The molecule has 0 aliphatic heterocycles. The third-order valence-corrected chi connectivity index (χ3v) is 1.71. The number of hydrogen-bond acceptors (Lipinski definition) is 2. The highest BCUT2D eigenvalue weighted by Gasteiger charge is 2.14. The molecule has 1 aromatic carbocycles. The molecule has 0 atom stereocenters. The molecule has 0 radical (unpaired) electrons. The van der Waals surface area contributed by atoms with Gasteiger partial charge in [0.1, 0.15) is 6.54 Å². The van der Waals surface area contributed by atoms with E-state index in [2.05, 4.69) is 4.99 Å². The number of nitrogens with zero attached hydrogens (tertiary/aromatic N) is 1. The first-order valence-electron chi connectivity index (χ1n) is 4.40. The second-order valence-corrected chi connectivity index (χ2v) is 3.01. The number of carbonyl (C=O) groups excluding carboxylic acids is 1. The Labute approximate surface area is 94.3 Å². The molecule has 1 amide bonds. The average Bonchev–Trinajstić information content (AvgIpc) is 2.27. The minimum Gasteiger partial charge on any atom is -0.370 e. The predicted octanol–water partition coefficient (Wildman–Crippen LogP) is 0.316. The maximum Gasteiger partial charge on any atom is 0.246 e. The lowest BCUT2D eigenvalue weighted by Gasteiger charge is -2.05. The number of anilines is 1. The molecule has 0 aromatic heterocycles. The van der Waals surface area contributed by atoms with E-state index in [-0.39, 0.29) is 5.96 Å². The van der Waals surface area contributed by atoms with Gasteiger partial charge in [-0.15, -0.1) is 0 Å². The summed E-state index contributed by atoms with van der Waals surface area (Å²) in [7, 11) is 0. The van der Waals surface area contributed by atoms with E-state index < -0.39 is 35.6 Å². The summed E-state index contributed by atoms with van der Waals surface area (Å²) in [5, 5.41) is 1.99. The number of rotatable bonds is 3. The number of amides is 1. The number of nitrogens with two attached hydrogens (primary N) is 2. The summed E-state index contributed by atoms with van der Waals surface area (Å²) in [4.78, 5) is 14.5. The third-order valence-electron chi connectivity index (χ3n) is 1.71. The summed E-state index contributed by atoms with van der Waals surface area (Å²) in [6, 6.07) is 1.58. The van der Waals surface area contributed by atoms with Crippen LogP contribution < -0.4 is 16.8 Å². The Bertz CT molecular complexity index is 472. The molecule has 0 aliphatic carbocycles. The van der Waals surface area contributed by atoms with Gasteiger partial charge in [-0.2, -0.15) is 0 Å². The lowest BCUT2D eigenvalue weighted by Crippen LogP contribution is -2.25. The highest BCUT2D eigenvalue weighted by atomic mass is 19.2. The maximum atomic E-state index is 13.1. The zero-order valence-electron chi connectivity index (χ0n) is 8.51. The van der Waals surface area contributed by atoms with Crippen molar-refractivity contribution in [2.45, 2.75) is 0 Å². The van der Waals surface area contributed by atoms with E-state index >= 15 is 0 Å². The second-order valence-electron chi connectivity index (χ2n) is 3.01. The van der Waals surface area contributed by atoms with Gasteiger partial charge in [-0.05, 0) is 12.1 Å². The molecule has 92 valence electrons. The number of carbonyl (C=O) groups is 1. The largest absolute Gasteiger partial charge is 0.370 e. The van der Waals surface area contributed by atoms with E-state index in [0.717, 1.165) is 6.07 Å². The van der Waals surface area contributed by atoms with E-state index in [9.17, 15) is 18.0 Å². The lowest BCUT2D eigenvalue weighted by atomic mass is 10.3. The Morgan fingerprint density at radius 2 is 1.88 bits per heavy atom. The van der Waals surface area contributed by atoms with Crippen LogP contribution >= 0.6 is 0 Å². The summed E-state index contributed by atoms with van der Waals surface area (Å²) in [5.74, 6) is -5.56. The standard InChI is InChI=1S/C9H9F3N4O/c10-4-1-2-5(8(12)7(4)11)16-6(17)3-15-9(13)14/h1-2H,3H2,(H,16,17)(H4,13,14,15). The number of guanidine groups is 1. The molecule has 0 aliphatic rings. The van der Waals surface area contributed by atoms with Crippen molar-refractivity contribution in [1.82, 2.24) is 0 Å². The number of aliphatic imine (C=N–C) groups is 1. The summed E-state index contributed by atoms with van der Waals surface area (Å²) < 4.78 is 38.5. The van der Waals surface area contributed by atoms with Crippen LogP contribution in [0.15, 0.2) is 17.1 Å². The number of halogens is 3. The van der Waals surface area contributed by atoms with Gasteiger partial charge in [0, 0.05) is 0 Å². The molecule has 0 spiro atoms. The quantitative estimate of drug-likeness (QED) is 0.407. The molecule has 0 bridgehead atoms. The van der Waals surface area contributed by atoms with Crippen LogP contribution in [0.3, 0.4) is 0 Å². The van der Waals surface area contributed by atoms with Crippen molar-refractivity contribution in [3.05, 3.63) is 29.6 Å². The fourth-order valence-electron chi connectivity index (χ4n) is 0.975. The smallest absolute Gasteiger partial charge is 0.246 e. The third kappa shape index (κ3) is 3.37. The molecule has 8 heteroatoms. The number of benzene rings is 1. The highest BCUT2D eigenvalue weighted by molar-refractivity contribution is 5.93. The number of nitrogens with one attached hydrogen (secondary N) is 1. The monoisotopic (exact) mass is 246 g/mol. The van der Waals surface area contributed by atoms with Crippen LogP contribution in [0.2, 0.25) is 0 Å². The van der Waals surface area contributed by atoms with Gasteiger partial charge in [0.2, 0.25) is 5.91 Å². The fourth-order valence-corrected chi connectivity index (χ4v) is 0.975. The zero-order valence-corrected chi connectivity index (χ0v) is 8.51. The van der Waals surface area contributed by atoms with Crippen LogP contribution in [0, 0.1) is 17.5 Å². The topological polar surface area (TPSA) is 93.5 Å². The van der Waals surface area contributed by atoms with Crippen LogP contribution in [0.1, 0.15) is 0 Å². The molecule has 1 rings (SSSR count). The molecule has 5 nitrogen and oxygen atoms in total. The molecule has 0 fully saturated rings. The molecule has 17 heavy (non-hydrogen) atoms. The Morgan fingerprint density at radius 3 is 2.47 bits per heavy atom. The van der Waals surface area contributed by atoms with Crippen molar-refractivity contribution in [3.63, 3.8) is 0 Å². The molecule has 1 aromatic rings. The molecule has 5 N–H and O–H groups in total. The minimum atomic E-state index is -1.66. The Hall–Kier alpha value is -2.25. The van der Waals surface area contributed by atoms with E-state index in [0.29, 0.717) is 6.07 Å². The summed E-state index contributed by atoms with van der Waals surface area (Å²) in [6.45, 7) is -0.444. The van der Waals surface area contributed by atoms with Crippen molar-refractivity contribution in [2.75, 3.05) is 11.9 Å². The Morgan fingerprint density at radius 1 is 1.24 bits per heavy atom. The van der Waals surface area contributed by atoms with E-state index in [4.69, 9.17) is 11.5 Å². The maximum absolute atomic E-state index is 13.1. The van der Waals surface area contributed by atoms with Gasteiger partial charge in [0.25, 0.3) is 0 Å². The van der Waals surface area contributed by atoms with E-state index in [1.165, 1.54) is 0 Å². The van der Waals surface area contributed by atoms with Crippen LogP contribution in [-0.4, -0.2) is 18.4 Å². The van der Waals surface area contributed by atoms with Crippen LogP contribution in [-0.2, 0) is 4.79 Å². The van der Waals surface area contributed by atoms with Crippen molar-refractivity contribution in [3.8, 4) is 0 Å². The van der Waals surface area contributed by atoms with Gasteiger partial charge in [-0.25, -0.2) is 18.2 Å². The van der Waals surface area contributed by atoms with E-state index in [1.807, 2.05) is 5.32 Å². The zero-order chi connectivity index (χ0) is 13.0. The summed E-state index contributed by atoms with van der Waals surface area (Å²) in [5.41, 5.74) is 9.46. The first-order valence-corrected chi connectivity index (χ1v) is 4.40. The molecule has 0 unspecified atom stereocenters. The fraction of sp³-hybridized carbons (Fsp3) is 0.111. The first kappa shape index (κ1) is 12.8. The van der Waals surface area contributed by atoms with Crippen molar-refractivity contribution >= 4 is 17.6 Å². The SMILES string of the molecule is NC(N)=NCC(=O)Nc1ccc(F)c(F)c1F. The molecule has 0 saturated carbocycles. The van der Waals surface area contributed by atoms with Gasteiger partial charge in [0.15, 0.2) is 23.4 Å². The second kappa shape index (κ2) is 5.19. The van der Waals surface area contributed by atoms with Gasteiger partial charge in [-0.1, -0.05) is 0 Å². The van der Waals surface area contributed by atoms with E-state index in [1.54, 1.807) is 0 Å².